The van der Waals surface area contributed by atoms with Gasteiger partial charge >= 0.3 is 12.1 Å². The number of amides is 3. The van der Waals surface area contributed by atoms with E-state index in [4.69, 9.17) is 33.2 Å². The van der Waals surface area contributed by atoms with Crippen LogP contribution in [0.2, 0.25) is 0 Å². The van der Waals surface area contributed by atoms with Gasteiger partial charge in [-0.05, 0) is 57.3 Å². The maximum atomic E-state index is 13.8. The van der Waals surface area contributed by atoms with Crippen molar-refractivity contribution >= 4 is 23.9 Å². The van der Waals surface area contributed by atoms with Crippen molar-refractivity contribution in [3.63, 3.8) is 0 Å². The van der Waals surface area contributed by atoms with Crippen LogP contribution < -0.4 is 10.6 Å². The molecule has 0 radical (unpaired) electrons. The Bertz CT molecular complexity index is 2790. The molecule has 0 bridgehead atoms. The van der Waals surface area contributed by atoms with E-state index in [9.17, 15) is 19.2 Å². The quantitative estimate of drug-likeness (QED) is 0.0218. The van der Waals surface area contributed by atoms with Crippen molar-refractivity contribution in [2.75, 3.05) is 46.6 Å². The summed E-state index contributed by atoms with van der Waals surface area (Å²) >= 11 is 0. The van der Waals surface area contributed by atoms with Gasteiger partial charge in [0, 0.05) is 19.4 Å². The first-order chi connectivity index (χ1) is 37.7. The predicted molar refractivity (Wildman–Crippen MR) is 289 cm³/mol. The molecule has 15 heteroatoms. The van der Waals surface area contributed by atoms with Crippen LogP contribution in [0.3, 0.4) is 0 Å². The number of fused-ring (bicyclic) bond motifs is 3. The van der Waals surface area contributed by atoms with Crippen LogP contribution in [0.5, 0.6) is 0 Å². The minimum absolute atomic E-state index is 0.00522. The summed E-state index contributed by atoms with van der Waals surface area (Å²) in [5, 5.41) is 5.62. The molecule has 1 aliphatic carbocycles. The molecule has 2 N–H and O–H groups in total. The van der Waals surface area contributed by atoms with Crippen LogP contribution in [0.15, 0.2) is 182 Å². The van der Waals surface area contributed by atoms with Crippen LogP contribution in [0, 0.1) is 0 Å². The molecular formula is C62H67N3O12. The van der Waals surface area contributed by atoms with E-state index in [0.29, 0.717) is 19.4 Å². The first-order valence-corrected chi connectivity index (χ1v) is 26.0. The van der Waals surface area contributed by atoms with E-state index < -0.39 is 54.2 Å². The molecule has 77 heavy (non-hydrogen) atoms. The van der Waals surface area contributed by atoms with Crippen LogP contribution in [0.1, 0.15) is 59.1 Å². The Morgan fingerprint density at radius 3 is 1.77 bits per heavy atom. The van der Waals surface area contributed by atoms with Crippen molar-refractivity contribution in [3.05, 3.63) is 215 Å². The largest absolute Gasteiger partial charge is 0.468 e. The van der Waals surface area contributed by atoms with E-state index in [1.165, 1.54) is 18.9 Å². The molecule has 2 aliphatic rings. The van der Waals surface area contributed by atoms with Gasteiger partial charge in [0.1, 0.15) is 38.0 Å². The number of methoxy groups -OCH3 is 1. The molecule has 0 aromatic heterocycles. The molecule has 402 valence electrons. The second kappa shape index (κ2) is 28.6. The number of nitrogens with zero attached hydrogens (tertiary/aromatic N) is 1. The summed E-state index contributed by atoms with van der Waals surface area (Å²) in [5.74, 6) is -1.76. The maximum Gasteiger partial charge on any atom is 0.410 e. The number of esters is 1. The van der Waals surface area contributed by atoms with Crippen LogP contribution in [-0.2, 0) is 78.7 Å². The van der Waals surface area contributed by atoms with Crippen LogP contribution in [-0.4, -0.2) is 106 Å². The summed E-state index contributed by atoms with van der Waals surface area (Å²) in [6, 6.07) is 55.0. The number of carbonyl (C=O) groups is 4. The third kappa shape index (κ3) is 15.6. The molecule has 0 saturated carbocycles. The summed E-state index contributed by atoms with van der Waals surface area (Å²) in [6.07, 6.45) is 0.0243. The standard InChI is InChI=1S/C62H67N3O12/c1-45(66)64-62(76-42-49-29-15-8-16-30-49)59(74-41-48-27-13-7-14-28-48)58(73-40-47-25-11-6-12-26-47)55(44-71-39-46-23-9-5-10-24-46)77-60(62)72-36-22-4-3-21-35-65(38-56(67)63-37-57(68)70-2)61(69)75-43-54-52-33-19-17-31-50(52)51-32-18-20-34-53(51)54/h4-20,22-34,54-55,58-60H,3,21,35-44H2,1-2H3,(H,63,67)(H,64,66)/b22-4+/t55-,58-,59+,60-,62+/m1/s1. The fourth-order valence-corrected chi connectivity index (χ4v) is 9.50. The fourth-order valence-electron chi connectivity index (χ4n) is 9.50. The Labute approximate surface area is 450 Å². The summed E-state index contributed by atoms with van der Waals surface area (Å²) in [5.41, 5.74) is 6.14. The average molecular weight is 1050 g/mol. The number of ether oxygens (including phenoxy) is 8. The van der Waals surface area contributed by atoms with E-state index >= 15 is 0 Å². The number of benzene rings is 6. The summed E-state index contributed by atoms with van der Waals surface area (Å²) in [6.45, 7) is 1.71. The lowest BCUT2D eigenvalue weighted by molar-refractivity contribution is -0.372. The van der Waals surface area contributed by atoms with Crippen molar-refractivity contribution in [1.29, 1.82) is 0 Å². The fraction of sp³-hybridized carbons (Fsp3) is 0.323. The van der Waals surface area contributed by atoms with E-state index in [1.807, 2.05) is 170 Å². The normalized spacial score (nSPS) is 18.7. The van der Waals surface area contributed by atoms with Gasteiger partial charge in [0.25, 0.3) is 0 Å². The SMILES string of the molecule is COC(=O)CNC(=O)CN(CCC/C=C/CO[C@@H]1O[C@H](COCc2ccccc2)[C@@H](OCc2ccccc2)[C@H](OCc2ccccc2)[C@]1(NC(C)=O)OCc1ccccc1)C(=O)OCC1c2ccccc2-c2ccccc21. The first kappa shape index (κ1) is 55.7. The summed E-state index contributed by atoms with van der Waals surface area (Å²) in [7, 11) is 1.23. The van der Waals surface area contributed by atoms with E-state index in [0.717, 1.165) is 44.5 Å². The number of hydrogen-bond acceptors (Lipinski definition) is 12. The highest BCUT2D eigenvalue weighted by atomic mass is 16.7. The molecule has 1 fully saturated rings. The predicted octanol–water partition coefficient (Wildman–Crippen LogP) is 9.04. The van der Waals surface area contributed by atoms with Crippen LogP contribution >= 0.6 is 0 Å². The highest BCUT2D eigenvalue weighted by Gasteiger charge is 2.60. The second-order valence-corrected chi connectivity index (χ2v) is 18.8. The van der Waals surface area contributed by atoms with Gasteiger partial charge in [-0.15, -0.1) is 0 Å². The lowest BCUT2D eigenvalue weighted by atomic mass is 9.91. The zero-order valence-electron chi connectivity index (χ0n) is 43.5. The number of allylic oxidation sites excluding steroid dienone is 1. The minimum atomic E-state index is -1.78. The lowest BCUT2D eigenvalue weighted by Gasteiger charge is -2.53. The van der Waals surface area contributed by atoms with Gasteiger partial charge in [-0.1, -0.05) is 182 Å². The number of unbranched alkanes of at least 4 members (excludes halogenated alkanes) is 1. The topological polar surface area (TPSA) is 169 Å². The van der Waals surface area contributed by atoms with Crippen LogP contribution in [0.4, 0.5) is 4.79 Å². The molecule has 5 atom stereocenters. The Morgan fingerprint density at radius 1 is 0.636 bits per heavy atom. The molecular weight excluding hydrogens is 979 g/mol. The Morgan fingerprint density at radius 2 is 1.18 bits per heavy atom. The first-order valence-electron chi connectivity index (χ1n) is 26.0. The van der Waals surface area contributed by atoms with Crippen LogP contribution in [0.25, 0.3) is 11.1 Å². The summed E-state index contributed by atoms with van der Waals surface area (Å²) in [4.78, 5) is 53.7. The zero-order chi connectivity index (χ0) is 53.7. The van der Waals surface area contributed by atoms with Crippen molar-refractivity contribution in [3.8, 4) is 11.1 Å². The molecule has 3 amide bonds. The Balaban J connectivity index is 1.01. The van der Waals surface area contributed by atoms with Crippen molar-refractivity contribution in [2.24, 2.45) is 0 Å². The number of hydrogen-bond donors (Lipinski definition) is 2. The van der Waals surface area contributed by atoms with Gasteiger partial charge in [-0.3, -0.25) is 19.3 Å². The third-order valence-electron chi connectivity index (χ3n) is 13.3. The average Bonchev–Trinajstić information content (AvgIpc) is 3.79. The molecule has 1 saturated heterocycles. The van der Waals surface area contributed by atoms with Gasteiger partial charge in [0.15, 0.2) is 0 Å². The molecule has 1 aliphatic heterocycles. The third-order valence-corrected chi connectivity index (χ3v) is 13.3. The Kier molecular flexibility index (Phi) is 20.7. The van der Waals surface area contributed by atoms with Gasteiger partial charge < -0.3 is 48.5 Å². The molecule has 15 nitrogen and oxygen atoms in total. The highest BCUT2D eigenvalue weighted by Crippen LogP contribution is 2.45. The van der Waals surface area contributed by atoms with E-state index in [1.54, 1.807) is 0 Å². The monoisotopic (exact) mass is 1050 g/mol. The molecule has 8 rings (SSSR count). The second-order valence-electron chi connectivity index (χ2n) is 18.8. The lowest BCUT2D eigenvalue weighted by Crippen LogP contribution is -2.75. The number of nitrogens with one attached hydrogen (secondary N) is 2. The molecule has 6 aromatic rings. The smallest absolute Gasteiger partial charge is 0.410 e. The maximum absolute atomic E-state index is 13.8. The molecule has 0 spiro atoms. The zero-order valence-corrected chi connectivity index (χ0v) is 43.5. The van der Waals surface area contributed by atoms with Gasteiger partial charge in [-0.2, -0.15) is 0 Å². The molecule has 6 aromatic carbocycles. The number of carbonyl (C=O) groups excluding carboxylic acids is 4. The van der Waals surface area contributed by atoms with Crippen molar-refractivity contribution in [1.82, 2.24) is 15.5 Å². The van der Waals surface area contributed by atoms with E-state index in [-0.39, 0.29) is 65.2 Å². The summed E-state index contributed by atoms with van der Waals surface area (Å²) < 4.78 is 51.3. The molecule has 1 heterocycles. The van der Waals surface area contributed by atoms with E-state index in [2.05, 4.69) is 27.5 Å². The molecule has 0 unspecified atom stereocenters. The Hall–Kier alpha value is -7.50. The number of rotatable bonds is 27. The van der Waals surface area contributed by atoms with Crippen molar-refractivity contribution in [2.45, 2.75) is 82.4 Å². The van der Waals surface area contributed by atoms with Gasteiger partial charge in [0.2, 0.25) is 23.8 Å². The van der Waals surface area contributed by atoms with Gasteiger partial charge in [0.05, 0.1) is 46.8 Å². The van der Waals surface area contributed by atoms with Gasteiger partial charge in [-0.25, -0.2) is 4.79 Å². The minimum Gasteiger partial charge on any atom is -0.468 e. The van der Waals surface area contributed by atoms with Crippen molar-refractivity contribution < 1.29 is 57.1 Å². The highest BCUT2D eigenvalue weighted by molar-refractivity contribution is 5.85.